The molecule has 1 nitrogen and oxygen atoms in total. The summed E-state index contributed by atoms with van der Waals surface area (Å²) < 4.78 is 7.58. The fraction of sp³-hybridized carbons (Fsp3) is 0.471. The zero-order valence-electron chi connectivity index (χ0n) is 23.8. The smallest absolute Gasteiger partial charge is 0.262 e. The van der Waals surface area contributed by atoms with Crippen molar-refractivity contribution in [2.24, 2.45) is 11.3 Å². The molecule has 1 aliphatic heterocycles. The van der Waals surface area contributed by atoms with Crippen LogP contribution >= 0.6 is 0 Å². The fourth-order valence-corrected chi connectivity index (χ4v) is 13.9. The molecule has 0 spiro atoms. The molecule has 4 atom stereocenters. The number of hydrogen-bond acceptors (Lipinski definition) is 1. The lowest BCUT2D eigenvalue weighted by Crippen LogP contribution is -2.77. The van der Waals surface area contributed by atoms with Crippen LogP contribution in [0.2, 0.25) is 5.54 Å². The third-order valence-electron chi connectivity index (χ3n) is 8.66. The van der Waals surface area contributed by atoms with Crippen LogP contribution < -0.4 is 10.4 Å². The summed E-state index contributed by atoms with van der Waals surface area (Å²) in [5, 5.41) is 3.09. The lowest BCUT2D eigenvalue weighted by molar-refractivity contribution is 0.0681. The first-order chi connectivity index (χ1) is 16.9. The van der Waals surface area contributed by atoms with E-state index in [1.807, 2.05) is 0 Å². The molecule has 0 amide bonds. The topological polar surface area (TPSA) is 9.23 Å². The van der Waals surface area contributed by atoms with Crippen molar-refractivity contribution in [1.82, 2.24) is 0 Å². The van der Waals surface area contributed by atoms with Gasteiger partial charge in [0.05, 0.1) is 6.10 Å². The first-order valence-electron chi connectivity index (χ1n) is 13.8. The van der Waals surface area contributed by atoms with Crippen LogP contribution in [0.25, 0.3) is 0 Å². The van der Waals surface area contributed by atoms with Gasteiger partial charge < -0.3 is 4.43 Å². The van der Waals surface area contributed by atoms with Gasteiger partial charge in [-0.25, -0.2) is 0 Å². The van der Waals surface area contributed by atoms with Crippen molar-refractivity contribution in [3.8, 4) is 0 Å². The summed E-state index contributed by atoms with van der Waals surface area (Å²) in [7, 11) is -2.47. The standard InChI is InChI=1S/C34H44OSi/c1-21-15-23(3)32(24(4)16-21)36(33-25(5)17-22(2)18-26(33)6)30(20-34(7,8)9)31(35-36)29-19-28(29)27-13-11-10-12-14-27/h10-18,28-31H,19-20H2,1-9H3/t28-,29+,30?,31-/m0/s1. The number of rotatable bonds is 5. The van der Waals surface area contributed by atoms with E-state index < -0.39 is 8.32 Å². The van der Waals surface area contributed by atoms with Crippen molar-refractivity contribution < 1.29 is 4.43 Å². The van der Waals surface area contributed by atoms with Crippen LogP contribution in [0.1, 0.15) is 78.5 Å². The number of hydrogen-bond donors (Lipinski definition) is 0. The van der Waals surface area contributed by atoms with Gasteiger partial charge in [0.1, 0.15) is 0 Å². The molecule has 2 aliphatic rings. The van der Waals surface area contributed by atoms with Gasteiger partial charge in [-0.15, -0.1) is 0 Å². The predicted molar refractivity (Wildman–Crippen MR) is 156 cm³/mol. The maximum Gasteiger partial charge on any atom is 0.262 e. The summed E-state index contributed by atoms with van der Waals surface area (Å²) in [5.41, 5.74) is 10.7. The zero-order valence-corrected chi connectivity index (χ0v) is 24.8. The Morgan fingerprint density at radius 2 is 1.22 bits per heavy atom. The molecular formula is C34H44OSi. The Morgan fingerprint density at radius 3 is 1.67 bits per heavy atom. The summed E-state index contributed by atoms with van der Waals surface area (Å²) in [6.45, 7) is 21.1. The van der Waals surface area contributed by atoms with E-state index in [-0.39, 0.29) is 5.41 Å². The molecule has 1 aliphatic carbocycles. The molecule has 1 unspecified atom stereocenters. The molecule has 1 heterocycles. The van der Waals surface area contributed by atoms with Crippen LogP contribution in [-0.2, 0) is 4.43 Å². The second-order valence-electron chi connectivity index (χ2n) is 13.2. The third-order valence-corrected chi connectivity index (χ3v) is 13.9. The summed E-state index contributed by atoms with van der Waals surface area (Å²) in [4.78, 5) is 0. The van der Waals surface area contributed by atoms with Crippen molar-refractivity contribution in [2.75, 3.05) is 0 Å². The molecule has 0 radical (unpaired) electrons. The van der Waals surface area contributed by atoms with E-state index >= 15 is 0 Å². The number of benzene rings is 3. The summed E-state index contributed by atoms with van der Waals surface area (Å²) >= 11 is 0. The quantitative estimate of drug-likeness (QED) is 0.330. The second-order valence-corrected chi connectivity index (χ2v) is 16.6. The minimum Gasteiger partial charge on any atom is -0.404 e. The van der Waals surface area contributed by atoms with E-state index in [4.69, 9.17) is 4.43 Å². The Morgan fingerprint density at radius 1 is 0.750 bits per heavy atom. The van der Waals surface area contributed by atoms with E-state index in [0.717, 1.165) is 0 Å². The van der Waals surface area contributed by atoms with E-state index in [0.29, 0.717) is 23.5 Å². The van der Waals surface area contributed by atoms with Gasteiger partial charge >= 0.3 is 0 Å². The average Bonchev–Trinajstić information content (AvgIpc) is 3.54. The Bertz CT molecular complexity index is 1180. The Labute approximate surface area is 220 Å². The van der Waals surface area contributed by atoms with Gasteiger partial charge in [0.2, 0.25) is 0 Å². The van der Waals surface area contributed by atoms with Crippen LogP contribution in [0.15, 0.2) is 54.6 Å². The molecule has 0 N–H and O–H groups in total. The van der Waals surface area contributed by atoms with Crippen LogP contribution in [0.3, 0.4) is 0 Å². The summed E-state index contributed by atoms with van der Waals surface area (Å²) in [6.07, 6.45) is 2.82. The molecule has 1 saturated carbocycles. The minimum absolute atomic E-state index is 0.251. The Kier molecular flexibility index (Phi) is 6.37. The van der Waals surface area contributed by atoms with Gasteiger partial charge in [-0.05, 0) is 110 Å². The highest BCUT2D eigenvalue weighted by molar-refractivity contribution is 7.01. The molecule has 36 heavy (non-hydrogen) atoms. The lowest BCUT2D eigenvalue weighted by Gasteiger charge is -2.58. The van der Waals surface area contributed by atoms with E-state index in [2.05, 4.69) is 117 Å². The summed E-state index contributed by atoms with van der Waals surface area (Å²) in [6, 6.07) is 20.7. The predicted octanol–water partition coefficient (Wildman–Crippen LogP) is 7.61. The zero-order chi connectivity index (χ0) is 26.0. The number of aryl methyl sites for hydroxylation is 6. The fourth-order valence-electron chi connectivity index (χ4n) is 7.66. The molecule has 1 saturated heterocycles. The second kappa shape index (κ2) is 8.99. The van der Waals surface area contributed by atoms with E-state index in [1.54, 1.807) is 10.4 Å². The van der Waals surface area contributed by atoms with Gasteiger partial charge in [-0.3, -0.25) is 0 Å². The maximum atomic E-state index is 7.58. The van der Waals surface area contributed by atoms with Gasteiger partial charge in [-0.2, -0.15) is 0 Å². The molecule has 0 aromatic heterocycles. The highest BCUT2D eigenvalue weighted by atomic mass is 28.4. The summed E-state index contributed by atoms with van der Waals surface area (Å²) in [5.74, 6) is 1.28. The molecule has 3 aromatic carbocycles. The van der Waals surface area contributed by atoms with Crippen molar-refractivity contribution >= 4 is 18.7 Å². The Hall–Kier alpha value is -2.16. The molecule has 2 heteroatoms. The van der Waals surface area contributed by atoms with E-state index in [9.17, 15) is 0 Å². The van der Waals surface area contributed by atoms with Crippen LogP contribution in [0.4, 0.5) is 0 Å². The minimum atomic E-state index is -2.47. The lowest BCUT2D eigenvalue weighted by atomic mass is 9.87. The highest BCUT2D eigenvalue weighted by Crippen LogP contribution is 2.61. The van der Waals surface area contributed by atoms with Crippen LogP contribution in [0.5, 0.6) is 0 Å². The molecule has 3 aromatic rings. The highest BCUT2D eigenvalue weighted by Gasteiger charge is 2.67. The van der Waals surface area contributed by atoms with Crippen molar-refractivity contribution in [3.63, 3.8) is 0 Å². The average molecular weight is 497 g/mol. The normalized spacial score (nSPS) is 24.9. The van der Waals surface area contributed by atoms with E-state index in [1.165, 1.54) is 51.8 Å². The van der Waals surface area contributed by atoms with Crippen molar-refractivity contribution in [2.45, 2.75) is 92.7 Å². The van der Waals surface area contributed by atoms with Gasteiger partial charge in [-0.1, -0.05) is 86.5 Å². The Balaban J connectivity index is 1.68. The van der Waals surface area contributed by atoms with Gasteiger partial charge in [0, 0.05) is 5.54 Å². The molecule has 2 fully saturated rings. The maximum absolute atomic E-state index is 7.58. The monoisotopic (exact) mass is 496 g/mol. The molecule has 190 valence electrons. The molecule has 0 bridgehead atoms. The SMILES string of the molecule is Cc1cc(C)c([Si]2(c3c(C)cc(C)cc3C)O[C@@H]([C@@H]3C[C@H]3c3ccccc3)C2CC(C)(C)C)c(C)c1. The van der Waals surface area contributed by atoms with Crippen LogP contribution in [-0.4, -0.2) is 14.4 Å². The van der Waals surface area contributed by atoms with Crippen molar-refractivity contribution in [3.05, 3.63) is 93.5 Å². The van der Waals surface area contributed by atoms with Gasteiger partial charge in [0.25, 0.3) is 8.32 Å². The van der Waals surface area contributed by atoms with Crippen LogP contribution in [0, 0.1) is 52.9 Å². The van der Waals surface area contributed by atoms with Gasteiger partial charge in [0.15, 0.2) is 0 Å². The molecular weight excluding hydrogens is 452 g/mol. The molecule has 5 rings (SSSR count). The largest absolute Gasteiger partial charge is 0.404 e. The first-order valence-corrected chi connectivity index (χ1v) is 15.8. The van der Waals surface area contributed by atoms with Crippen molar-refractivity contribution in [1.29, 1.82) is 0 Å². The third kappa shape index (κ3) is 4.31. The first kappa shape index (κ1) is 25.5.